The number of nitrogens with zero attached hydrogens (tertiary/aromatic N) is 6. The van der Waals surface area contributed by atoms with E-state index in [0.717, 1.165) is 62.9 Å². The summed E-state index contributed by atoms with van der Waals surface area (Å²) >= 11 is 0. The monoisotopic (exact) mass is 552 g/mol. The second-order valence-electron chi connectivity index (χ2n) is 13.2. The normalized spacial score (nSPS) is 24.7. The zero-order valence-corrected chi connectivity index (χ0v) is 24.3. The van der Waals surface area contributed by atoms with E-state index in [4.69, 9.17) is 14.2 Å². The fourth-order valence-electron chi connectivity index (χ4n) is 7.12. The molecule has 40 heavy (non-hydrogen) atoms. The number of benzene rings is 1. The molecule has 2 saturated heterocycles. The van der Waals surface area contributed by atoms with Gasteiger partial charge in [-0.15, -0.1) is 0 Å². The summed E-state index contributed by atoms with van der Waals surface area (Å²) in [6.07, 6.45) is 5.22. The molecule has 10 heteroatoms. The Morgan fingerprint density at radius 1 is 1.10 bits per heavy atom. The fourth-order valence-corrected chi connectivity index (χ4v) is 7.12. The van der Waals surface area contributed by atoms with E-state index in [-0.39, 0.29) is 29.7 Å². The third-order valence-electron chi connectivity index (χ3n) is 8.83. The van der Waals surface area contributed by atoms with Crippen molar-refractivity contribution in [2.75, 3.05) is 26.2 Å². The number of likely N-dealkylation sites (tertiary alicyclic amines) is 2. The molecule has 3 aliphatic rings. The van der Waals surface area contributed by atoms with Gasteiger partial charge in [-0.05, 0) is 88.5 Å². The van der Waals surface area contributed by atoms with Crippen LogP contribution in [-0.4, -0.2) is 73.6 Å². The van der Waals surface area contributed by atoms with Crippen molar-refractivity contribution in [3.8, 4) is 5.95 Å². The van der Waals surface area contributed by atoms with Crippen LogP contribution in [0.4, 0.5) is 9.18 Å². The molecule has 0 radical (unpaired) electrons. The van der Waals surface area contributed by atoms with E-state index >= 15 is 0 Å². The van der Waals surface area contributed by atoms with Gasteiger partial charge in [-0.25, -0.2) is 9.18 Å². The standard InChI is InChI=1S/C30H41FN6O3/c1-18(2)24-22-10-7-11-23(31)26(22)37(33-24)28-32-27(40-34-28)19-12-14-35(15-13-19)25-20-8-6-9-21(25)17-36(16-20)29(38)39-30(3,4)5/h7,10-11,18-21,25H,6,8-9,12-17H2,1-5H3. The van der Waals surface area contributed by atoms with Crippen LogP contribution in [0.5, 0.6) is 0 Å². The molecular weight excluding hydrogens is 511 g/mol. The Labute approximate surface area is 235 Å². The zero-order valence-electron chi connectivity index (χ0n) is 24.3. The number of carbonyl (C=O) groups is 1. The Morgan fingerprint density at radius 2 is 1.80 bits per heavy atom. The highest BCUT2D eigenvalue weighted by Crippen LogP contribution is 2.41. The maximum Gasteiger partial charge on any atom is 0.410 e. The molecule has 2 bridgehead atoms. The second-order valence-corrected chi connectivity index (χ2v) is 13.2. The molecule has 2 aliphatic heterocycles. The summed E-state index contributed by atoms with van der Waals surface area (Å²) in [5.74, 6) is 1.78. The van der Waals surface area contributed by atoms with Gasteiger partial charge in [-0.3, -0.25) is 4.90 Å². The molecule has 1 aromatic carbocycles. The van der Waals surface area contributed by atoms with E-state index in [0.29, 0.717) is 29.3 Å². The van der Waals surface area contributed by atoms with Crippen LogP contribution >= 0.6 is 0 Å². The van der Waals surface area contributed by atoms with Crippen molar-refractivity contribution in [1.82, 2.24) is 29.7 Å². The number of ether oxygens (including phenoxy) is 1. The first kappa shape index (κ1) is 27.2. The number of hydrogen-bond donors (Lipinski definition) is 0. The average molecular weight is 553 g/mol. The van der Waals surface area contributed by atoms with E-state index in [1.54, 1.807) is 6.07 Å². The van der Waals surface area contributed by atoms with Crippen molar-refractivity contribution in [2.45, 2.75) is 90.2 Å². The number of halogens is 1. The third kappa shape index (κ3) is 5.10. The summed E-state index contributed by atoms with van der Waals surface area (Å²) in [4.78, 5) is 22.1. The molecule has 3 aromatic rings. The van der Waals surface area contributed by atoms with E-state index < -0.39 is 5.60 Å². The van der Waals surface area contributed by atoms with Crippen LogP contribution in [0.15, 0.2) is 22.7 Å². The maximum atomic E-state index is 14.8. The Bertz CT molecular complexity index is 1360. The SMILES string of the molecule is CC(C)c1nn(-c2noc(C3CCN(C4C5CCCC4CN(C(=O)OC(C)(C)C)C5)CC3)n2)c2c(F)cccc12. The predicted molar refractivity (Wildman–Crippen MR) is 149 cm³/mol. The lowest BCUT2D eigenvalue weighted by Crippen LogP contribution is -2.60. The molecule has 4 heterocycles. The van der Waals surface area contributed by atoms with Gasteiger partial charge in [0.1, 0.15) is 16.9 Å². The molecule has 2 unspecified atom stereocenters. The highest BCUT2D eigenvalue weighted by atomic mass is 19.1. The molecule has 1 amide bonds. The summed E-state index contributed by atoms with van der Waals surface area (Å²) in [5, 5.41) is 9.66. The summed E-state index contributed by atoms with van der Waals surface area (Å²) in [7, 11) is 0. The van der Waals surface area contributed by atoms with Crippen LogP contribution < -0.4 is 0 Å². The lowest BCUT2D eigenvalue weighted by Gasteiger charge is -2.52. The fraction of sp³-hybridized carbons (Fsp3) is 0.667. The number of aromatic nitrogens is 4. The predicted octanol–water partition coefficient (Wildman–Crippen LogP) is 5.89. The van der Waals surface area contributed by atoms with Crippen molar-refractivity contribution in [1.29, 1.82) is 0 Å². The second kappa shape index (κ2) is 10.4. The minimum absolute atomic E-state index is 0.136. The molecule has 2 aromatic heterocycles. The summed E-state index contributed by atoms with van der Waals surface area (Å²) in [5.41, 5.74) is 0.726. The van der Waals surface area contributed by atoms with E-state index in [2.05, 4.69) is 15.2 Å². The third-order valence-corrected chi connectivity index (χ3v) is 8.83. The number of piperidine rings is 2. The number of hydrogen-bond acceptors (Lipinski definition) is 7. The molecule has 2 atom stereocenters. The first-order valence-electron chi connectivity index (χ1n) is 14.8. The van der Waals surface area contributed by atoms with Gasteiger partial charge in [0, 0.05) is 30.4 Å². The van der Waals surface area contributed by atoms with Crippen LogP contribution in [0.3, 0.4) is 0 Å². The van der Waals surface area contributed by atoms with Crippen LogP contribution in [0.2, 0.25) is 0 Å². The van der Waals surface area contributed by atoms with Gasteiger partial charge in [0.25, 0.3) is 5.95 Å². The molecule has 0 spiro atoms. The van der Waals surface area contributed by atoms with Crippen LogP contribution in [0.25, 0.3) is 16.9 Å². The first-order chi connectivity index (χ1) is 19.1. The number of rotatable bonds is 4. The molecule has 3 fully saturated rings. The van der Waals surface area contributed by atoms with Crippen molar-refractivity contribution in [2.24, 2.45) is 11.8 Å². The average Bonchev–Trinajstić information content (AvgIpc) is 3.53. The molecule has 9 nitrogen and oxygen atoms in total. The summed E-state index contributed by atoms with van der Waals surface area (Å²) in [6, 6.07) is 5.54. The first-order valence-corrected chi connectivity index (χ1v) is 14.8. The zero-order chi connectivity index (χ0) is 28.2. The largest absolute Gasteiger partial charge is 0.444 e. The molecule has 6 rings (SSSR count). The van der Waals surface area contributed by atoms with Gasteiger partial charge >= 0.3 is 6.09 Å². The van der Waals surface area contributed by atoms with Gasteiger partial charge in [0.05, 0.1) is 5.69 Å². The van der Waals surface area contributed by atoms with Crippen LogP contribution in [0, 0.1) is 17.7 Å². The summed E-state index contributed by atoms with van der Waals surface area (Å²) < 4.78 is 27.8. The Hall–Kier alpha value is -3.01. The van der Waals surface area contributed by atoms with E-state index in [1.165, 1.54) is 17.2 Å². The smallest absolute Gasteiger partial charge is 0.410 e. The molecule has 1 aliphatic carbocycles. The lowest BCUT2D eigenvalue weighted by atomic mass is 9.72. The molecule has 1 saturated carbocycles. The van der Waals surface area contributed by atoms with Gasteiger partial charge in [0.15, 0.2) is 0 Å². The number of para-hydroxylation sites is 1. The number of carbonyl (C=O) groups excluding carboxylic acids is 1. The minimum atomic E-state index is -0.477. The topological polar surface area (TPSA) is 89.5 Å². The van der Waals surface area contributed by atoms with E-state index in [9.17, 15) is 9.18 Å². The van der Waals surface area contributed by atoms with Crippen molar-refractivity contribution >= 4 is 17.0 Å². The Balaban J connectivity index is 1.13. The molecule has 216 valence electrons. The van der Waals surface area contributed by atoms with Crippen molar-refractivity contribution in [3.05, 3.63) is 35.6 Å². The van der Waals surface area contributed by atoms with Gasteiger partial charge in [0.2, 0.25) is 5.89 Å². The number of fused-ring (bicyclic) bond motifs is 3. The Kier molecular flexibility index (Phi) is 7.09. The highest BCUT2D eigenvalue weighted by Gasteiger charge is 2.45. The van der Waals surface area contributed by atoms with Crippen LogP contribution in [-0.2, 0) is 4.74 Å². The van der Waals surface area contributed by atoms with Crippen molar-refractivity contribution < 1.29 is 18.4 Å². The van der Waals surface area contributed by atoms with Crippen LogP contribution in [0.1, 0.15) is 90.1 Å². The number of amides is 1. The van der Waals surface area contributed by atoms with Gasteiger partial charge < -0.3 is 14.2 Å². The summed E-state index contributed by atoms with van der Waals surface area (Å²) in [6.45, 7) is 13.3. The van der Waals surface area contributed by atoms with Crippen molar-refractivity contribution in [3.63, 3.8) is 0 Å². The van der Waals surface area contributed by atoms with Gasteiger partial charge in [-0.2, -0.15) is 14.8 Å². The lowest BCUT2D eigenvalue weighted by molar-refractivity contribution is -0.0412. The molecular formula is C30H41FN6O3. The minimum Gasteiger partial charge on any atom is -0.444 e. The Morgan fingerprint density at radius 3 is 2.45 bits per heavy atom. The van der Waals surface area contributed by atoms with E-state index in [1.807, 2.05) is 45.6 Å². The van der Waals surface area contributed by atoms with Gasteiger partial charge in [-0.1, -0.05) is 32.4 Å². The highest BCUT2D eigenvalue weighted by molar-refractivity contribution is 5.84. The quantitative estimate of drug-likeness (QED) is 0.399. The molecule has 0 N–H and O–H groups in total. The maximum absolute atomic E-state index is 14.8.